The van der Waals surface area contributed by atoms with Crippen LogP contribution in [-0.2, 0) is 19.6 Å². The van der Waals surface area contributed by atoms with E-state index in [1.807, 2.05) is 20.8 Å². The first-order chi connectivity index (χ1) is 12.0. The number of nitrogens with one attached hydrogen (secondary N) is 1. The van der Waals surface area contributed by atoms with Crippen molar-refractivity contribution in [2.75, 3.05) is 32.4 Å². The Labute approximate surface area is 156 Å². The Morgan fingerprint density at radius 2 is 1.69 bits per heavy atom. The van der Waals surface area contributed by atoms with Crippen LogP contribution in [0.3, 0.4) is 0 Å². The third kappa shape index (κ3) is 6.12. The minimum Gasteiger partial charge on any atom is -0.444 e. The minimum atomic E-state index is -3.26. The summed E-state index contributed by atoms with van der Waals surface area (Å²) in [7, 11) is -3.26. The van der Waals surface area contributed by atoms with Gasteiger partial charge in [-0.25, -0.2) is 17.5 Å². The molecule has 2 heterocycles. The summed E-state index contributed by atoms with van der Waals surface area (Å²) in [5, 5.41) is 2.85. The standard InChI is InChI=1S/C17H31N3O5S/c1-17(2,3)25-16(22)18-14-7-10-19(11-8-14)15(21)13-6-5-9-20(12-13)26(4,23)24/h13-14H,5-12H2,1-4H3,(H,18,22). The molecule has 2 aliphatic heterocycles. The first-order valence-electron chi connectivity index (χ1n) is 9.19. The minimum absolute atomic E-state index is 0.00669. The Bertz CT molecular complexity index is 621. The summed E-state index contributed by atoms with van der Waals surface area (Å²) >= 11 is 0. The topological polar surface area (TPSA) is 96.0 Å². The van der Waals surface area contributed by atoms with E-state index in [1.54, 1.807) is 4.90 Å². The number of sulfonamides is 1. The molecular formula is C17H31N3O5S. The molecule has 0 aromatic carbocycles. The van der Waals surface area contributed by atoms with Crippen molar-refractivity contribution in [1.82, 2.24) is 14.5 Å². The molecule has 0 aromatic heterocycles. The van der Waals surface area contributed by atoms with Gasteiger partial charge >= 0.3 is 6.09 Å². The van der Waals surface area contributed by atoms with Gasteiger partial charge in [0.25, 0.3) is 0 Å². The van der Waals surface area contributed by atoms with Crippen molar-refractivity contribution in [1.29, 1.82) is 0 Å². The van der Waals surface area contributed by atoms with Gasteiger partial charge in [-0.15, -0.1) is 0 Å². The van der Waals surface area contributed by atoms with E-state index in [-0.39, 0.29) is 24.4 Å². The first-order valence-corrected chi connectivity index (χ1v) is 11.0. The van der Waals surface area contributed by atoms with Gasteiger partial charge in [-0.2, -0.15) is 0 Å². The van der Waals surface area contributed by atoms with Gasteiger partial charge in [-0.05, 0) is 46.5 Å². The smallest absolute Gasteiger partial charge is 0.407 e. The summed E-state index contributed by atoms with van der Waals surface area (Å²) in [5.74, 6) is -0.247. The lowest BCUT2D eigenvalue weighted by Gasteiger charge is -2.37. The highest BCUT2D eigenvalue weighted by Crippen LogP contribution is 2.23. The number of carbonyl (C=O) groups excluding carboxylic acids is 2. The highest BCUT2D eigenvalue weighted by Gasteiger charge is 2.34. The lowest BCUT2D eigenvalue weighted by molar-refractivity contribution is -0.137. The van der Waals surface area contributed by atoms with Crippen LogP contribution < -0.4 is 5.32 Å². The van der Waals surface area contributed by atoms with Crippen molar-refractivity contribution < 1.29 is 22.7 Å². The van der Waals surface area contributed by atoms with Crippen LogP contribution in [0.2, 0.25) is 0 Å². The second-order valence-corrected chi connectivity index (χ2v) is 10.2. The molecule has 0 spiro atoms. The van der Waals surface area contributed by atoms with Crippen LogP contribution in [0.1, 0.15) is 46.5 Å². The van der Waals surface area contributed by atoms with Gasteiger partial charge in [0.15, 0.2) is 0 Å². The molecule has 2 fully saturated rings. The molecule has 1 N–H and O–H groups in total. The third-order valence-corrected chi connectivity index (χ3v) is 6.00. The van der Waals surface area contributed by atoms with Crippen LogP contribution in [0.4, 0.5) is 4.79 Å². The van der Waals surface area contributed by atoms with E-state index < -0.39 is 21.7 Å². The maximum absolute atomic E-state index is 12.7. The van der Waals surface area contributed by atoms with Crippen molar-refractivity contribution in [3.05, 3.63) is 0 Å². The lowest BCUT2D eigenvalue weighted by atomic mass is 9.96. The summed E-state index contributed by atoms with van der Waals surface area (Å²) in [5.41, 5.74) is -0.535. The Morgan fingerprint density at radius 1 is 1.08 bits per heavy atom. The van der Waals surface area contributed by atoms with E-state index in [4.69, 9.17) is 4.74 Å². The largest absolute Gasteiger partial charge is 0.444 e. The third-order valence-electron chi connectivity index (χ3n) is 4.73. The number of alkyl carbamates (subject to hydrolysis) is 1. The fourth-order valence-corrected chi connectivity index (χ4v) is 4.33. The lowest BCUT2D eigenvalue weighted by Crippen LogP contribution is -2.51. The number of likely N-dealkylation sites (tertiary alicyclic amines) is 1. The zero-order chi connectivity index (χ0) is 19.5. The molecule has 2 aliphatic rings. The van der Waals surface area contributed by atoms with E-state index in [1.165, 1.54) is 10.6 Å². The molecule has 0 aromatic rings. The van der Waals surface area contributed by atoms with Crippen LogP contribution in [0.25, 0.3) is 0 Å². The molecule has 0 aliphatic carbocycles. The van der Waals surface area contributed by atoms with Crippen molar-refractivity contribution >= 4 is 22.0 Å². The number of nitrogens with zero attached hydrogens (tertiary/aromatic N) is 2. The molecule has 0 saturated carbocycles. The number of carbonyl (C=O) groups is 2. The molecule has 150 valence electrons. The fraction of sp³-hybridized carbons (Fsp3) is 0.882. The number of rotatable bonds is 3. The van der Waals surface area contributed by atoms with Gasteiger partial charge in [-0.1, -0.05) is 0 Å². The molecule has 0 bridgehead atoms. The number of hydrogen-bond acceptors (Lipinski definition) is 5. The zero-order valence-electron chi connectivity index (χ0n) is 16.2. The summed E-state index contributed by atoms with van der Waals surface area (Å²) in [4.78, 5) is 26.4. The molecule has 2 saturated heterocycles. The molecule has 0 radical (unpaired) electrons. The predicted octanol–water partition coefficient (Wildman–Crippen LogP) is 1.17. The second kappa shape index (κ2) is 8.12. The van der Waals surface area contributed by atoms with Crippen LogP contribution in [0.15, 0.2) is 0 Å². The quantitative estimate of drug-likeness (QED) is 0.782. The summed E-state index contributed by atoms with van der Waals surface area (Å²) in [6, 6.07) is -0.00669. The number of piperidine rings is 2. The Kier molecular flexibility index (Phi) is 6.55. The Morgan fingerprint density at radius 3 is 2.23 bits per heavy atom. The van der Waals surface area contributed by atoms with Gasteiger partial charge in [0.1, 0.15) is 5.60 Å². The molecule has 2 amide bonds. The Hall–Kier alpha value is -1.35. The van der Waals surface area contributed by atoms with Crippen molar-refractivity contribution in [2.24, 2.45) is 5.92 Å². The normalized spacial score (nSPS) is 23.5. The summed E-state index contributed by atoms with van der Waals surface area (Å²) in [6.07, 6.45) is 3.54. The maximum atomic E-state index is 12.7. The second-order valence-electron chi connectivity index (χ2n) is 8.21. The molecular weight excluding hydrogens is 358 g/mol. The van der Waals surface area contributed by atoms with Crippen molar-refractivity contribution in [3.63, 3.8) is 0 Å². The summed E-state index contributed by atoms with van der Waals surface area (Å²) in [6.45, 7) is 7.34. The molecule has 9 heteroatoms. The van der Waals surface area contributed by atoms with E-state index >= 15 is 0 Å². The molecule has 1 unspecified atom stereocenters. The van der Waals surface area contributed by atoms with E-state index in [2.05, 4.69) is 5.32 Å². The average molecular weight is 390 g/mol. The number of ether oxygens (including phenoxy) is 1. The number of amides is 2. The SMILES string of the molecule is CC(C)(C)OC(=O)NC1CCN(C(=O)C2CCCN(S(C)(=O)=O)C2)CC1. The molecule has 8 nitrogen and oxygen atoms in total. The molecule has 1 atom stereocenters. The van der Waals surface area contributed by atoms with Crippen LogP contribution >= 0.6 is 0 Å². The first kappa shape index (κ1) is 21.0. The Balaban J connectivity index is 1.82. The van der Waals surface area contributed by atoms with Gasteiger partial charge < -0.3 is 15.0 Å². The molecule has 26 heavy (non-hydrogen) atoms. The van der Waals surface area contributed by atoms with Gasteiger partial charge in [0.2, 0.25) is 15.9 Å². The van der Waals surface area contributed by atoms with E-state index in [9.17, 15) is 18.0 Å². The fourth-order valence-electron chi connectivity index (χ4n) is 3.42. The van der Waals surface area contributed by atoms with Crippen LogP contribution in [-0.4, -0.2) is 73.7 Å². The van der Waals surface area contributed by atoms with Crippen LogP contribution in [0, 0.1) is 5.92 Å². The van der Waals surface area contributed by atoms with E-state index in [0.717, 1.165) is 6.42 Å². The van der Waals surface area contributed by atoms with Gasteiger partial charge in [0.05, 0.1) is 12.2 Å². The molecule has 2 rings (SSSR count). The van der Waals surface area contributed by atoms with E-state index in [0.29, 0.717) is 38.9 Å². The maximum Gasteiger partial charge on any atom is 0.407 e. The summed E-state index contributed by atoms with van der Waals surface area (Å²) < 4.78 is 30.1. The van der Waals surface area contributed by atoms with Crippen molar-refractivity contribution in [3.8, 4) is 0 Å². The highest BCUT2D eigenvalue weighted by molar-refractivity contribution is 7.88. The predicted molar refractivity (Wildman–Crippen MR) is 98.1 cm³/mol. The zero-order valence-corrected chi connectivity index (χ0v) is 17.0. The average Bonchev–Trinajstić information content (AvgIpc) is 2.52. The van der Waals surface area contributed by atoms with Gasteiger partial charge in [-0.3, -0.25) is 4.79 Å². The van der Waals surface area contributed by atoms with Crippen LogP contribution in [0.5, 0.6) is 0 Å². The number of hydrogen-bond donors (Lipinski definition) is 1. The van der Waals surface area contributed by atoms with Crippen molar-refractivity contribution in [2.45, 2.75) is 58.1 Å². The monoisotopic (exact) mass is 389 g/mol. The van der Waals surface area contributed by atoms with Gasteiger partial charge in [0, 0.05) is 32.2 Å². The highest BCUT2D eigenvalue weighted by atomic mass is 32.2.